The molecule has 1 heterocycles. The first-order chi connectivity index (χ1) is 11.5. The number of hydrogen-bond acceptors (Lipinski definition) is 6. The summed E-state index contributed by atoms with van der Waals surface area (Å²) in [6.07, 6.45) is 0. The molecule has 0 saturated carbocycles. The molecule has 0 spiro atoms. The number of aromatic nitrogens is 3. The molecule has 0 bridgehead atoms. The van der Waals surface area contributed by atoms with Gasteiger partial charge in [0.2, 0.25) is 11.9 Å². The highest BCUT2D eigenvalue weighted by Gasteiger charge is 2.15. The summed E-state index contributed by atoms with van der Waals surface area (Å²) in [6.45, 7) is 0. The van der Waals surface area contributed by atoms with Crippen LogP contribution in [0.2, 0.25) is 0 Å². The molecule has 7 nitrogen and oxygen atoms in total. The van der Waals surface area contributed by atoms with Crippen molar-refractivity contribution in [2.45, 2.75) is 0 Å². The van der Waals surface area contributed by atoms with Gasteiger partial charge in [-0.3, -0.25) is 9.59 Å². The SMILES string of the molecule is Nc1nc(Nc2ccc(C(=O)Cl)cc2)nn1C(=O)c1ccccc1. The van der Waals surface area contributed by atoms with Crippen LogP contribution >= 0.6 is 11.6 Å². The second kappa shape index (κ2) is 6.51. The highest BCUT2D eigenvalue weighted by Crippen LogP contribution is 2.17. The third kappa shape index (κ3) is 3.26. The maximum Gasteiger partial charge on any atom is 0.281 e. The van der Waals surface area contributed by atoms with E-state index >= 15 is 0 Å². The summed E-state index contributed by atoms with van der Waals surface area (Å²) in [4.78, 5) is 27.4. The Morgan fingerprint density at radius 2 is 1.67 bits per heavy atom. The molecular weight excluding hydrogens is 330 g/mol. The van der Waals surface area contributed by atoms with E-state index in [-0.39, 0.29) is 17.8 Å². The summed E-state index contributed by atoms with van der Waals surface area (Å²) in [5, 5.41) is 6.43. The summed E-state index contributed by atoms with van der Waals surface area (Å²) in [5.41, 5.74) is 7.21. The summed E-state index contributed by atoms with van der Waals surface area (Å²) in [6, 6.07) is 15.1. The number of halogens is 1. The first kappa shape index (κ1) is 15.7. The Hall–Kier alpha value is -3.19. The van der Waals surface area contributed by atoms with E-state index in [1.807, 2.05) is 6.07 Å². The van der Waals surface area contributed by atoms with Crippen molar-refractivity contribution in [3.05, 3.63) is 65.7 Å². The lowest BCUT2D eigenvalue weighted by molar-refractivity contribution is 0.0947. The fourth-order valence-corrected chi connectivity index (χ4v) is 2.17. The third-order valence-electron chi connectivity index (χ3n) is 3.21. The zero-order valence-corrected chi connectivity index (χ0v) is 13.1. The lowest BCUT2D eigenvalue weighted by atomic mass is 10.2. The van der Waals surface area contributed by atoms with Gasteiger partial charge >= 0.3 is 0 Å². The van der Waals surface area contributed by atoms with E-state index < -0.39 is 5.24 Å². The van der Waals surface area contributed by atoms with Gasteiger partial charge in [-0.1, -0.05) is 18.2 Å². The van der Waals surface area contributed by atoms with Gasteiger partial charge in [0, 0.05) is 16.8 Å². The van der Waals surface area contributed by atoms with Crippen molar-refractivity contribution in [3.8, 4) is 0 Å². The van der Waals surface area contributed by atoms with Crippen molar-refractivity contribution in [2.75, 3.05) is 11.1 Å². The van der Waals surface area contributed by atoms with Crippen LogP contribution < -0.4 is 11.1 Å². The van der Waals surface area contributed by atoms with Crippen LogP contribution in [0.25, 0.3) is 0 Å². The van der Waals surface area contributed by atoms with E-state index in [2.05, 4.69) is 15.4 Å². The second-order valence-corrected chi connectivity index (χ2v) is 5.20. The second-order valence-electron chi connectivity index (χ2n) is 4.85. The smallest absolute Gasteiger partial charge is 0.281 e. The van der Waals surface area contributed by atoms with E-state index in [0.29, 0.717) is 16.8 Å². The van der Waals surface area contributed by atoms with Gasteiger partial charge in [-0.15, -0.1) is 5.10 Å². The molecule has 1 aromatic heterocycles. The Bertz CT molecular complexity index is 891. The van der Waals surface area contributed by atoms with Gasteiger partial charge in [0.25, 0.3) is 11.1 Å². The van der Waals surface area contributed by atoms with E-state index in [9.17, 15) is 9.59 Å². The minimum absolute atomic E-state index is 0.0288. The lowest BCUT2D eigenvalue weighted by Gasteiger charge is -2.02. The van der Waals surface area contributed by atoms with E-state index in [1.165, 1.54) is 0 Å². The number of hydrogen-bond donors (Lipinski definition) is 2. The largest absolute Gasteiger partial charge is 0.368 e. The highest BCUT2D eigenvalue weighted by atomic mass is 35.5. The average molecular weight is 342 g/mol. The molecule has 0 fully saturated rings. The molecule has 24 heavy (non-hydrogen) atoms. The van der Waals surface area contributed by atoms with Crippen molar-refractivity contribution < 1.29 is 9.59 Å². The quantitative estimate of drug-likeness (QED) is 0.707. The molecule has 0 aliphatic heterocycles. The van der Waals surface area contributed by atoms with Crippen molar-refractivity contribution in [2.24, 2.45) is 0 Å². The Morgan fingerprint density at radius 3 is 2.29 bits per heavy atom. The van der Waals surface area contributed by atoms with Crippen LogP contribution in [0.1, 0.15) is 20.7 Å². The van der Waals surface area contributed by atoms with Crippen molar-refractivity contribution in [1.29, 1.82) is 0 Å². The molecule has 0 amide bonds. The number of rotatable bonds is 4. The Labute approximate surface area is 142 Å². The predicted molar refractivity (Wildman–Crippen MR) is 90.5 cm³/mol. The van der Waals surface area contributed by atoms with E-state index in [1.54, 1.807) is 48.5 Å². The fraction of sp³-hybridized carbons (Fsp3) is 0. The molecule has 3 rings (SSSR count). The fourth-order valence-electron chi connectivity index (χ4n) is 2.04. The topological polar surface area (TPSA) is 103 Å². The Morgan fingerprint density at radius 1 is 1.00 bits per heavy atom. The molecular formula is C16H12ClN5O2. The van der Waals surface area contributed by atoms with Crippen LogP contribution in [-0.2, 0) is 0 Å². The van der Waals surface area contributed by atoms with Gasteiger partial charge in [-0.05, 0) is 48.0 Å². The highest BCUT2D eigenvalue weighted by molar-refractivity contribution is 6.67. The van der Waals surface area contributed by atoms with Crippen molar-refractivity contribution in [1.82, 2.24) is 14.8 Å². The van der Waals surface area contributed by atoms with Crippen LogP contribution in [0, 0.1) is 0 Å². The van der Waals surface area contributed by atoms with Crippen molar-refractivity contribution >= 4 is 40.3 Å². The molecule has 2 aromatic carbocycles. The van der Waals surface area contributed by atoms with Crippen LogP contribution in [-0.4, -0.2) is 25.9 Å². The zero-order valence-electron chi connectivity index (χ0n) is 12.3. The molecule has 8 heteroatoms. The molecule has 0 aliphatic rings. The minimum Gasteiger partial charge on any atom is -0.368 e. The number of nitrogens with two attached hydrogens (primary N) is 1. The number of nitrogen functional groups attached to an aromatic ring is 1. The van der Waals surface area contributed by atoms with Gasteiger partial charge < -0.3 is 11.1 Å². The van der Waals surface area contributed by atoms with Crippen molar-refractivity contribution in [3.63, 3.8) is 0 Å². The number of benzene rings is 2. The molecule has 3 aromatic rings. The number of nitrogens with one attached hydrogen (secondary N) is 1. The van der Waals surface area contributed by atoms with Gasteiger partial charge in [0.15, 0.2) is 0 Å². The summed E-state index contributed by atoms with van der Waals surface area (Å²) >= 11 is 5.39. The number of anilines is 3. The van der Waals surface area contributed by atoms with Crippen LogP contribution in [0.3, 0.4) is 0 Å². The lowest BCUT2D eigenvalue weighted by Crippen LogP contribution is -2.16. The predicted octanol–water partition coefficient (Wildman–Crippen LogP) is 2.67. The Balaban J connectivity index is 1.81. The first-order valence-electron chi connectivity index (χ1n) is 6.94. The number of carbonyl (C=O) groups excluding carboxylic acids is 2. The van der Waals surface area contributed by atoms with Gasteiger partial charge in [-0.25, -0.2) is 0 Å². The molecule has 0 saturated heterocycles. The molecule has 3 N–H and O–H groups in total. The average Bonchev–Trinajstić information content (AvgIpc) is 2.95. The maximum absolute atomic E-state index is 12.4. The molecule has 0 radical (unpaired) electrons. The first-order valence-corrected chi connectivity index (χ1v) is 7.31. The normalized spacial score (nSPS) is 10.4. The molecule has 120 valence electrons. The van der Waals surface area contributed by atoms with Gasteiger partial charge in [0.1, 0.15) is 0 Å². The van der Waals surface area contributed by atoms with E-state index in [0.717, 1.165) is 4.68 Å². The van der Waals surface area contributed by atoms with E-state index in [4.69, 9.17) is 17.3 Å². The maximum atomic E-state index is 12.4. The molecule has 0 unspecified atom stereocenters. The Kier molecular flexibility index (Phi) is 4.26. The monoisotopic (exact) mass is 341 g/mol. The zero-order chi connectivity index (χ0) is 17.1. The third-order valence-corrected chi connectivity index (χ3v) is 3.43. The van der Waals surface area contributed by atoms with Gasteiger partial charge in [-0.2, -0.15) is 9.67 Å². The standard InChI is InChI=1S/C16H12ClN5O2/c17-13(23)10-6-8-12(9-7-10)19-16-20-15(18)22(21-16)14(24)11-4-2-1-3-5-11/h1-9H,(H3,18,19,20,21). The summed E-state index contributed by atoms with van der Waals surface area (Å²) in [5.74, 6) is -0.239. The van der Waals surface area contributed by atoms with Gasteiger partial charge in [0.05, 0.1) is 0 Å². The number of carbonyl (C=O) groups is 2. The number of nitrogens with zero attached hydrogens (tertiary/aromatic N) is 3. The molecule has 0 aliphatic carbocycles. The van der Waals surface area contributed by atoms with Crippen LogP contribution in [0.4, 0.5) is 17.6 Å². The molecule has 0 atom stereocenters. The summed E-state index contributed by atoms with van der Waals surface area (Å²) in [7, 11) is 0. The minimum atomic E-state index is -0.540. The van der Waals surface area contributed by atoms with Crippen LogP contribution in [0.5, 0.6) is 0 Å². The summed E-state index contributed by atoms with van der Waals surface area (Å²) < 4.78 is 1.02. The van der Waals surface area contributed by atoms with Crippen LogP contribution in [0.15, 0.2) is 54.6 Å².